The average Bonchev–Trinajstić information content (AvgIpc) is 2.85. The second-order valence-corrected chi connectivity index (χ2v) is 8.21. The van der Waals surface area contributed by atoms with Gasteiger partial charge in [-0.2, -0.15) is 17.6 Å². The lowest BCUT2D eigenvalue weighted by molar-refractivity contribution is -0.186. The second-order valence-electron chi connectivity index (χ2n) is 8.21. The lowest BCUT2D eigenvalue weighted by atomic mass is 10.00. The largest absolute Gasteiger partial charge is 0.429 e. The molecule has 0 aliphatic heterocycles. The third-order valence-electron chi connectivity index (χ3n) is 5.87. The second kappa shape index (κ2) is 8.62. The third kappa shape index (κ3) is 4.39. The van der Waals surface area contributed by atoms with Crippen molar-refractivity contribution >= 4 is 21.5 Å². The molecule has 0 spiro atoms. The molecule has 5 aromatic carbocycles. The maximum absolute atomic E-state index is 15.1. The first kappa shape index (κ1) is 22.7. The Balaban J connectivity index is 1.38. The van der Waals surface area contributed by atoms with Crippen molar-refractivity contribution in [1.82, 2.24) is 0 Å². The molecule has 0 aliphatic rings. The molecular weight excluding hydrogens is 456 g/mol. The van der Waals surface area contributed by atoms with Crippen LogP contribution in [0.25, 0.3) is 21.5 Å². The molecule has 0 aromatic heterocycles. The fourth-order valence-electron chi connectivity index (χ4n) is 4.16. The minimum atomic E-state index is -3.64. The summed E-state index contributed by atoms with van der Waals surface area (Å²) in [5.41, 5.74) is 0.309. The van der Waals surface area contributed by atoms with E-state index in [0.29, 0.717) is 21.5 Å². The van der Waals surface area contributed by atoms with Crippen LogP contribution in [0.4, 0.5) is 17.6 Å². The summed E-state index contributed by atoms with van der Waals surface area (Å²) in [5.74, 6) is -0.361. The van der Waals surface area contributed by atoms with Gasteiger partial charge >= 0.3 is 12.2 Å². The van der Waals surface area contributed by atoms with Crippen molar-refractivity contribution in [2.75, 3.05) is 0 Å². The fraction of sp³-hybridized carbons (Fsp3) is 0.103. The van der Waals surface area contributed by atoms with E-state index in [4.69, 9.17) is 9.47 Å². The molecule has 0 unspecified atom stereocenters. The van der Waals surface area contributed by atoms with E-state index in [2.05, 4.69) is 0 Å². The van der Waals surface area contributed by atoms with Crippen LogP contribution in [-0.2, 0) is 12.2 Å². The van der Waals surface area contributed by atoms with Gasteiger partial charge in [0.25, 0.3) is 0 Å². The molecule has 0 fully saturated rings. The molecular formula is C29H20F4O2. The molecule has 0 radical (unpaired) electrons. The Morgan fingerprint density at radius 1 is 0.486 bits per heavy atom. The first-order chi connectivity index (χ1) is 16.7. The standard InChI is InChI=1S/C29H20F4O2/c1-19-13-18-27(25-11-5-4-9-23(19)25)29(32,33)35-22-16-14-21(15-17-22)34-28(30,31)26-12-6-8-20-7-2-3-10-24(20)26/h2-18H,1H3. The summed E-state index contributed by atoms with van der Waals surface area (Å²) in [7, 11) is 0. The van der Waals surface area contributed by atoms with Gasteiger partial charge in [-0.1, -0.05) is 66.7 Å². The molecule has 0 bridgehead atoms. The minimum absolute atomic E-state index is 0.180. The van der Waals surface area contributed by atoms with E-state index >= 15 is 8.78 Å². The highest BCUT2D eigenvalue weighted by atomic mass is 19.3. The number of halogens is 4. The lowest BCUT2D eigenvalue weighted by Crippen LogP contribution is -2.23. The van der Waals surface area contributed by atoms with Gasteiger partial charge in [0.05, 0.1) is 11.1 Å². The first-order valence-electron chi connectivity index (χ1n) is 11.0. The van der Waals surface area contributed by atoms with Gasteiger partial charge in [0.1, 0.15) is 11.5 Å². The van der Waals surface area contributed by atoms with Crippen molar-refractivity contribution in [2.24, 2.45) is 0 Å². The predicted molar refractivity (Wildman–Crippen MR) is 128 cm³/mol. The Bertz CT molecular complexity index is 1510. The summed E-state index contributed by atoms with van der Waals surface area (Å²) < 4.78 is 70.0. The number of rotatable bonds is 6. The van der Waals surface area contributed by atoms with Gasteiger partial charge in [-0.15, -0.1) is 0 Å². The zero-order valence-electron chi connectivity index (χ0n) is 18.6. The molecule has 0 heterocycles. The fourth-order valence-corrected chi connectivity index (χ4v) is 4.16. The number of fused-ring (bicyclic) bond motifs is 2. The first-order valence-corrected chi connectivity index (χ1v) is 11.0. The van der Waals surface area contributed by atoms with Crippen LogP contribution in [0, 0.1) is 6.92 Å². The number of aryl methyl sites for hydroxylation is 1. The van der Waals surface area contributed by atoms with Gasteiger partial charge in [0.2, 0.25) is 0 Å². The summed E-state index contributed by atoms with van der Waals surface area (Å²) in [4.78, 5) is 0. The van der Waals surface area contributed by atoms with Gasteiger partial charge in [0.15, 0.2) is 0 Å². The maximum Gasteiger partial charge on any atom is 0.427 e. The lowest BCUT2D eigenvalue weighted by Gasteiger charge is -2.22. The Kier molecular flexibility index (Phi) is 5.59. The maximum atomic E-state index is 15.1. The van der Waals surface area contributed by atoms with Crippen LogP contribution in [0.3, 0.4) is 0 Å². The van der Waals surface area contributed by atoms with E-state index < -0.39 is 12.2 Å². The molecule has 0 saturated carbocycles. The van der Waals surface area contributed by atoms with Crippen LogP contribution in [0.2, 0.25) is 0 Å². The molecule has 0 amide bonds. The SMILES string of the molecule is Cc1ccc(C(F)(F)Oc2ccc(OC(F)(F)c3cccc4ccccc34)cc2)c2ccccc12. The highest BCUT2D eigenvalue weighted by molar-refractivity contribution is 5.89. The number of hydrogen-bond acceptors (Lipinski definition) is 2. The molecule has 5 aromatic rings. The van der Waals surface area contributed by atoms with Crippen LogP contribution in [0.1, 0.15) is 16.7 Å². The molecule has 5 rings (SSSR count). The van der Waals surface area contributed by atoms with Crippen molar-refractivity contribution in [1.29, 1.82) is 0 Å². The molecule has 0 saturated heterocycles. The number of hydrogen-bond donors (Lipinski definition) is 0. The van der Waals surface area contributed by atoms with Gasteiger partial charge in [-0.25, -0.2) is 0 Å². The number of benzene rings is 5. The van der Waals surface area contributed by atoms with Crippen molar-refractivity contribution in [3.05, 3.63) is 120 Å². The highest BCUT2D eigenvalue weighted by Crippen LogP contribution is 2.39. The Labute approximate surface area is 199 Å². The van der Waals surface area contributed by atoms with E-state index in [9.17, 15) is 8.78 Å². The van der Waals surface area contributed by atoms with E-state index in [-0.39, 0.29) is 22.6 Å². The summed E-state index contributed by atoms with van der Waals surface area (Å²) >= 11 is 0. The molecule has 0 atom stereocenters. The van der Waals surface area contributed by atoms with E-state index in [0.717, 1.165) is 5.56 Å². The van der Waals surface area contributed by atoms with E-state index in [1.54, 1.807) is 60.7 Å². The zero-order chi connectivity index (χ0) is 24.6. The molecule has 2 nitrogen and oxygen atoms in total. The molecule has 0 aliphatic carbocycles. The Hall–Kier alpha value is -4.06. The van der Waals surface area contributed by atoms with E-state index in [1.165, 1.54) is 42.5 Å². The minimum Gasteiger partial charge on any atom is -0.429 e. The van der Waals surface area contributed by atoms with Crippen molar-refractivity contribution in [3.8, 4) is 11.5 Å². The van der Waals surface area contributed by atoms with Crippen molar-refractivity contribution in [3.63, 3.8) is 0 Å². The summed E-state index contributed by atoms with van der Waals surface area (Å²) in [6.45, 7) is 1.85. The monoisotopic (exact) mass is 476 g/mol. The summed E-state index contributed by atoms with van der Waals surface area (Å²) in [5, 5.41) is 2.10. The van der Waals surface area contributed by atoms with Crippen LogP contribution in [0.15, 0.2) is 103 Å². The number of alkyl halides is 4. The molecule has 35 heavy (non-hydrogen) atoms. The van der Waals surface area contributed by atoms with E-state index in [1.807, 2.05) is 6.92 Å². The molecule has 176 valence electrons. The molecule has 0 N–H and O–H groups in total. The third-order valence-corrected chi connectivity index (χ3v) is 5.87. The van der Waals surface area contributed by atoms with Gasteiger partial charge in [-0.3, -0.25) is 0 Å². The van der Waals surface area contributed by atoms with Gasteiger partial charge in [0, 0.05) is 0 Å². The summed E-state index contributed by atoms with van der Waals surface area (Å²) in [6.07, 6.45) is -7.27. The highest BCUT2D eigenvalue weighted by Gasteiger charge is 2.38. The van der Waals surface area contributed by atoms with Crippen LogP contribution >= 0.6 is 0 Å². The smallest absolute Gasteiger partial charge is 0.427 e. The topological polar surface area (TPSA) is 18.5 Å². The predicted octanol–water partition coefficient (Wildman–Crippen LogP) is 8.56. The average molecular weight is 476 g/mol. The molecule has 6 heteroatoms. The van der Waals surface area contributed by atoms with Gasteiger partial charge in [-0.05, 0) is 70.4 Å². The Morgan fingerprint density at radius 2 is 0.971 bits per heavy atom. The number of ether oxygens (including phenoxy) is 2. The van der Waals surface area contributed by atoms with Crippen molar-refractivity contribution in [2.45, 2.75) is 19.1 Å². The van der Waals surface area contributed by atoms with Gasteiger partial charge < -0.3 is 9.47 Å². The summed E-state index contributed by atoms with van der Waals surface area (Å²) in [6, 6.07) is 25.8. The zero-order valence-corrected chi connectivity index (χ0v) is 18.6. The van der Waals surface area contributed by atoms with Crippen LogP contribution in [-0.4, -0.2) is 0 Å². The normalized spacial score (nSPS) is 12.1. The van der Waals surface area contributed by atoms with Crippen LogP contribution < -0.4 is 9.47 Å². The van der Waals surface area contributed by atoms with Crippen LogP contribution in [0.5, 0.6) is 11.5 Å². The quantitative estimate of drug-likeness (QED) is 0.229. The van der Waals surface area contributed by atoms with Crippen molar-refractivity contribution < 1.29 is 27.0 Å². The Morgan fingerprint density at radius 3 is 1.60 bits per heavy atom.